The van der Waals surface area contributed by atoms with Gasteiger partial charge in [-0.2, -0.15) is 0 Å². The van der Waals surface area contributed by atoms with Gasteiger partial charge >= 0.3 is 0 Å². The van der Waals surface area contributed by atoms with Crippen molar-refractivity contribution in [1.29, 1.82) is 0 Å². The first kappa shape index (κ1) is 15.8. The molecule has 116 valence electrons. The van der Waals surface area contributed by atoms with Crippen molar-refractivity contribution in [3.8, 4) is 0 Å². The van der Waals surface area contributed by atoms with Crippen molar-refractivity contribution in [2.45, 2.75) is 58.9 Å². The van der Waals surface area contributed by atoms with Crippen molar-refractivity contribution < 1.29 is 10.0 Å². The zero-order valence-corrected chi connectivity index (χ0v) is 12.8. The second kappa shape index (κ2) is 6.89. The van der Waals surface area contributed by atoms with Gasteiger partial charge in [-0.05, 0) is 43.7 Å². The van der Waals surface area contributed by atoms with Gasteiger partial charge in [0, 0.05) is 12.2 Å². The molecule has 0 spiro atoms. The van der Waals surface area contributed by atoms with E-state index in [9.17, 15) is 9.59 Å². The number of hydrogen-bond acceptors (Lipinski definition) is 3. The third kappa shape index (κ3) is 3.35. The lowest BCUT2D eigenvalue weighted by molar-refractivity contribution is 0.0703. The predicted octanol–water partition coefficient (Wildman–Crippen LogP) is 2.42. The van der Waals surface area contributed by atoms with Crippen LogP contribution in [-0.2, 0) is 13.0 Å². The number of nitrogens with one attached hydrogen (secondary N) is 1. The van der Waals surface area contributed by atoms with Crippen LogP contribution in [0.5, 0.6) is 0 Å². The summed E-state index contributed by atoms with van der Waals surface area (Å²) in [5.41, 5.74) is 3.19. The highest BCUT2D eigenvalue weighted by Crippen LogP contribution is 2.25. The summed E-state index contributed by atoms with van der Waals surface area (Å²) in [7, 11) is 0. The Morgan fingerprint density at radius 1 is 1.38 bits per heavy atom. The van der Waals surface area contributed by atoms with Gasteiger partial charge in [0.25, 0.3) is 11.5 Å². The molecule has 0 bridgehead atoms. The van der Waals surface area contributed by atoms with Crippen LogP contribution in [0.4, 0.5) is 0 Å². The highest BCUT2D eigenvalue weighted by molar-refractivity contribution is 5.93. The van der Waals surface area contributed by atoms with Gasteiger partial charge in [-0.1, -0.05) is 26.2 Å². The van der Waals surface area contributed by atoms with Crippen molar-refractivity contribution in [2.75, 3.05) is 0 Å². The fourth-order valence-corrected chi connectivity index (χ4v) is 3.36. The zero-order valence-electron chi connectivity index (χ0n) is 12.8. The molecule has 1 heterocycles. The van der Waals surface area contributed by atoms with Crippen LogP contribution in [0.15, 0.2) is 10.9 Å². The Kier molecular flexibility index (Phi) is 5.17. The van der Waals surface area contributed by atoms with Crippen LogP contribution in [0.25, 0.3) is 0 Å². The molecule has 1 fully saturated rings. The SMILES string of the molecule is CCc1c(C)cc(C(=O)NO)c(=O)n1CC1CCCCC1. The minimum Gasteiger partial charge on any atom is -0.311 e. The summed E-state index contributed by atoms with van der Waals surface area (Å²) in [5, 5.41) is 8.79. The third-order valence-electron chi connectivity index (χ3n) is 4.46. The summed E-state index contributed by atoms with van der Waals surface area (Å²) >= 11 is 0. The Balaban J connectivity index is 2.43. The summed E-state index contributed by atoms with van der Waals surface area (Å²) in [6.45, 7) is 4.60. The van der Waals surface area contributed by atoms with E-state index in [1.165, 1.54) is 19.3 Å². The molecule has 1 amide bonds. The number of amides is 1. The molecule has 0 aliphatic heterocycles. The number of pyridine rings is 1. The summed E-state index contributed by atoms with van der Waals surface area (Å²) < 4.78 is 1.75. The van der Waals surface area contributed by atoms with Crippen LogP contribution < -0.4 is 11.0 Å². The Labute approximate surface area is 124 Å². The first-order valence-corrected chi connectivity index (χ1v) is 7.76. The van der Waals surface area contributed by atoms with E-state index in [2.05, 4.69) is 0 Å². The second-order valence-corrected chi connectivity index (χ2v) is 5.90. The third-order valence-corrected chi connectivity index (χ3v) is 4.46. The summed E-state index contributed by atoms with van der Waals surface area (Å²) in [4.78, 5) is 24.2. The van der Waals surface area contributed by atoms with Gasteiger partial charge in [-0.15, -0.1) is 0 Å². The van der Waals surface area contributed by atoms with Gasteiger partial charge in [-0.3, -0.25) is 14.8 Å². The zero-order chi connectivity index (χ0) is 15.4. The fourth-order valence-electron chi connectivity index (χ4n) is 3.36. The molecule has 1 aromatic rings. The highest BCUT2D eigenvalue weighted by atomic mass is 16.5. The molecule has 1 aliphatic rings. The molecule has 1 aliphatic carbocycles. The minimum absolute atomic E-state index is 0.0167. The van der Waals surface area contributed by atoms with E-state index in [1.54, 1.807) is 16.1 Å². The van der Waals surface area contributed by atoms with Crippen LogP contribution in [0.2, 0.25) is 0 Å². The molecule has 5 heteroatoms. The van der Waals surface area contributed by atoms with Gasteiger partial charge in [-0.25, -0.2) is 5.48 Å². The molecular weight excluding hydrogens is 268 g/mol. The number of hydroxylamine groups is 1. The van der Waals surface area contributed by atoms with Gasteiger partial charge < -0.3 is 4.57 Å². The number of rotatable bonds is 4. The number of carbonyl (C=O) groups excluding carboxylic acids is 1. The molecule has 1 saturated carbocycles. The van der Waals surface area contributed by atoms with Gasteiger partial charge in [0.05, 0.1) is 0 Å². The van der Waals surface area contributed by atoms with Gasteiger partial charge in [0.1, 0.15) is 5.56 Å². The summed E-state index contributed by atoms with van der Waals surface area (Å²) in [6.07, 6.45) is 6.76. The second-order valence-electron chi connectivity index (χ2n) is 5.90. The van der Waals surface area contributed by atoms with Gasteiger partial charge in [0.15, 0.2) is 0 Å². The van der Waals surface area contributed by atoms with E-state index in [-0.39, 0.29) is 11.1 Å². The molecule has 0 aromatic carbocycles. The number of aryl methyl sites for hydroxylation is 1. The molecule has 0 radical (unpaired) electrons. The first-order chi connectivity index (χ1) is 10.1. The molecule has 0 atom stereocenters. The Morgan fingerprint density at radius 3 is 2.62 bits per heavy atom. The predicted molar refractivity (Wildman–Crippen MR) is 80.6 cm³/mol. The molecule has 0 saturated heterocycles. The van der Waals surface area contributed by atoms with Crippen molar-refractivity contribution in [3.05, 3.63) is 33.2 Å². The lowest BCUT2D eigenvalue weighted by atomic mass is 9.89. The average Bonchev–Trinajstić information content (AvgIpc) is 2.51. The van der Waals surface area contributed by atoms with E-state index < -0.39 is 5.91 Å². The van der Waals surface area contributed by atoms with E-state index in [0.717, 1.165) is 30.5 Å². The Hall–Kier alpha value is -1.62. The van der Waals surface area contributed by atoms with Crippen LogP contribution in [0, 0.1) is 12.8 Å². The number of carbonyl (C=O) groups is 1. The average molecular weight is 292 g/mol. The molecule has 0 unspecified atom stereocenters. The maximum absolute atomic E-state index is 12.6. The first-order valence-electron chi connectivity index (χ1n) is 7.76. The summed E-state index contributed by atoms with van der Waals surface area (Å²) in [5.74, 6) is -0.225. The van der Waals surface area contributed by atoms with Crippen molar-refractivity contribution in [2.24, 2.45) is 5.92 Å². The highest BCUT2D eigenvalue weighted by Gasteiger charge is 2.20. The van der Waals surface area contributed by atoms with Crippen LogP contribution in [-0.4, -0.2) is 15.7 Å². The molecule has 2 rings (SSSR count). The Morgan fingerprint density at radius 2 is 2.05 bits per heavy atom. The molecule has 5 nitrogen and oxygen atoms in total. The lowest BCUT2D eigenvalue weighted by Crippen LogP contribution is -2.35. The fraction of sp³-hybridized carbons (Fsp3) is 0.625. The standard InChI is InChI=1S/C16H24N2O3/c1-3-14-11(2)9-13(15(19)17-21)16(20)18(14)10-12-7-5-4-6-8-12/h9,12,21H,3-8,10H2,1-2H3,(H,17,19). The molecule has 21 heavy (non-hydrogen) atoms. The summed E-state index contributed by atoms with van der Waals surface area (Å²) in [6, 6.07) is 1.57. The Bertz CT molecular complexity index is 572. The van der Waals surface area contributed by atoms with Crippen molar-refractivity contribution >= 4 is 5.91 Å². The van der Waals surface area contributed by atoms with E-state index >= 15 is 0 Å². The number of hydrogen-bond donors (Lipinski definition) is 2. The van der Waals surface area contributed by atoms with Crippen molar-refractivity contribution in [1.82, 2.24) is 10.0 Å². The monoisotopic (exact) mass is 292 g/mol. The maximum Gasteiger partial charge on any atom is 0.280 e. The largest absolute Gasteiger partial charge is 0.311 e. The quantitative estimate of drug-likeness (QED) is 0.661. The molecule has 1 aromatic heterocycles. The normalized spacial score (nSPS) is 16.0. The van der Waals surface area contributed by atoms with Gasteiger partial charge in [0.2, 0.25) is 0 Å². The minimum atomic E-state index is -0.733. The van der Waals surface area contributed by atoms with Crippen molar-refractivity contribution in [3.63, 3.8) is 0 Å². The topological polar surface area (TPSA) is 71.3 Å². The van der Waals surface area contributed by atoms with Crippen LogP contribution >= 0.6 is 0 Å². The smallest absolute Gasteiger partial charge is 0.280 e. The van der Waals surface area contributed by atoms with E-state index in [0.29, 0.717) is 12.5 Å². The molecular formula is C16H24N2O3. The van der Waals surface area contributed by atoms with Crippen LogP contribution in [0.3, 0.4) is 0 Å². The van der Waals surface area contributed by atoms with Crippen LogP contribution in [0.1, 0.15) is 60.6 Å². The maximum atomic E-state index is 12.6. The lowest BCUT2D eigenvalue weighted by Gasteiger charge is -2.25. The number of nitrogens with zero attached hydrogens (tertiary/aromatic N) is 1. The number of aromatic nitrogens is 1. The molecule has 2 N–H and O–H groups in total. The van der Waals surface area contributed by atoms with E-state index in [1.807, 2.05) is 13.8 Å². The van der Waals surface area contributed by atoms with E-state index in [4.69, 9.17) is 5.21 Å².